The molecule has 0 spiro atoms. The Balaban J connectivity index is 1.82. The van der Waals surface area contributed by atoms with Gasteiger partial charge in [0.1, 0.15) is 5.75 Å². The number of amides is 1. The molecule has 0 fully saturated rings. The van der Waals surface area contributed by atoms with E-state index in [0.29, 0.717) is 11.4 Å². The number of benzene rings is 2. The van der Waals surface area contributed by atoms with E-state index >= 15 is 0 Å². The summed E-state index contributed by atoms with van der Waals surface area (Å²) in [5.74, 6) is 0.0117. The van der Waals surface area contributed by atoms with Crippen molar-refractivity contribution in [2.75, 3.05) is 16.6 Å². The summed E-state index contributed by atoms with van der Waals surface area (Å²) in [7, 11) is -3.52. The molecule has 1 aliphatic heterocycles. The van der Waals surface area contributed by atoms with Gasteiger partial charge in [0.2, 0.25) is 10.0 Å². The quantitative estimate of drug-likeness (QED) is 0.834. The fraction of sp³-hybridized carbons (Fsp3) is 0.381. The first kappa shape index (κ1) is 20.2. The van der Waals surface area contributed by atoms with Gasteiger partial charge in [-0.15, -0.1) is 0 Å². The number of hydrogen-bond donors (Lipinski definition) is 1. The van der Waals surface area contributed by atoms with Gasteiger partial charge in [-0.1, -0.05) is 35.9 Å². The standard InChI is InChI=1S/C21H26N2O4S/c1-5-28(25,26)23-13-20(27-19-9-7-6-8-18(19)23)21(24)22-16(4)17-11-10-14(2)12-15(17)3/h6-12,16,20H,5,13H2,1-4H3,(H,22,24)/t16-,20+/m0/s1. The van der Waals surface area contributed by atoms with Crippen molar-refractivity contribution in [3.8, 4) is 5.75 Å². The summed E-state index contributed by atoms with van der Waals surface area (Å²) in [6.07, 6.45) is -0.913. The lowest BCUT2D eigenvalue weighted by Gasteiger charge is -2.35. The number of nitrogens with one attached hydrogen (secondary N) is 1. The van der Waals surface area contributed by atoms with Crippen LogP contribution in [0.1, 0.15) is 36.6 Å². The van der Waals surface area contributed by atoms with Crippen LogP contribution in [0.15, 0.2) is 42.5 Å². The highest BCUT2D eigenvalue weighted by Gasteiger charge is 2.36. The number of carbonyl (C=O) groups excluding carboxylic acids is 1. The van der Waals surface area contributed by atoms with Crippen molar-refractivity contribution >= 4 is 21.6 Å². The average Bonchev–Trinajstić information content (AvgIpc) is 2.66. The van der Waals surface area contributed by atoms with Gasteiger partial charge in [0, 0.05) is 0 Å². The summed E-state index contributed by atoms with van der Waals surface area (Å²) in [6, 6.07) is 12.7. The lowest BCUT2D eigenvalue weighted by molar-refractivity contribution is -0.128. The first-order valence-corrected chi connectivity index (χ1v) is 11.0. The maximum absolute atomic E-state index is 12.9. The Morgan fingerprint density at radius 3 is 2.64 bits per heavy atom. The number of ether oxygens (including phenoxy) is 1. The predicted octanol–water partition coefficient (Wildman–Crippen LogP) is 3.10. The highest BCUT2D eigenvalue weighted by molar-refractivity contribution is 7.92. The number of aryl methyl sites for hydroxylation is 2. The van der Waals surface area contributed by atoms with Crippen molar-refractivity contribution < 1.29 is 17.9 Å². The number of hydrogen-bond acceptors (Lipinski definition) is 4. The highest BCUT2D eigenvalue weighted by Crippen LogP contribution is 2.35. The maximum Gasteiger partial charge on any atom is 0.263 e. The summed E-state index contributed by atoms with van der Waals surface area (Å²) in [6.45, 7) is 7.49. The molecular formula is C21H26N2O4S. The molecule has 0 saturated carbocycles. The highest BCUT2D eigenvalue weighted by atomic mass is 32.2. The average molecular weight is 403 g/mol. The number of nitrogens with zero attached hydrogens (tertiary/aromatic N) is 1. The summed E-state index contributed by atoms with van der Waals surface area (Å²) >= 11 is 0. The fourth-order valence-corrected chi connectivity index (χ4v) is 4.58. The lowest BCUT2D eigenvalue weighted by atomic mass is 10.00. The lowest BCUT2D eigenvalue weighted by Crippen LogP contribution is -2.51. The minimum absolute atomic E-state index is 0.0430. The van der Waals surface area contributed by atoms with Crippen LogP contribution in [0, 0.1) is 13.8 Å². The van der Waals surface area contributed by atoms with Crippen LogP contribution in [0.25, 0.3) is 0 Å². The first-order valence-electron chi connectivity index (χ1n) is 9.36. The third-order valence-corrected chi connectivity index (χ3v) is 6.73. The van der Waals surface area contributed by atoms with E-state index in [2.05, 4.69) is 11.4 Å². The molecule has 2 aromatic rings. The van der Waals surface area contributed by atoms with E-state index in [1.54, 1.807) is 31.2 Å². The second-order valence-electron chi connectivity index (χ2n) is 7.10. The summed E-state index contributed by atoms with van der Waals surface area (Å²) in [5.41, 5.74) is 3.74. The molecule has 0 saturated heterocycles. The van der Waals surface area contributed by atoms with Crippen molar-refractivity contribution in [3.63, 3.8) is 0 Å². The molecule has 2 aromatic carbocycles. The van der Waals surface area contributed by atoms with Crippen LogP contribution in [-0.4, -0.2) is 32.7 Å². The number of anilines is 1. The largest absolute Gasteiger partial charge is 0.476 e. The number of rotatable bonds is 5. The fourth-order valence-electron chi connectivity index (χ4n) is 3.45. The third kappa shape index (κ3) is 3.99. The molecule has 0 aromatic heterocycles. The second kappa shape index (κ2) is 7.83. The predicted molar refractivity (Wildman–Crippen MR) is 110 cm³/mol. The zero-order valence-electron chi connectivity index (χ0n) is 16.6. The maximum atomic E-state index is 12.9. The molecule has 1 heterocycles. The molecule has 28 heavy (non-hydrogen) atoms. The summed E-state index contributed by atoms with van der Waals surface area (Å²) < 4.78 is 32.2. The summed E-state index contributed by atoms with van der Waals surface area (Å²) in [4.78, 5) is 12.9. The Hall–Kier alpha value is -2.54. The van der Waals surface area contributed by atoms with Gasteiger partial charge in [-0.3, -0.25) is 9.10 Å². The van der Waals surface area contributed by atoms with Crippen LogP contribution in [-0.2, 0) is 14.8 Å². The zero-order valence-corrected chi connectivity index (χ0v) is 17.4. The topological polar surface area (TPSA) is 75.7 Å². The molecule has 3 rings (SSSR count). The minimum atomic E-state index is -3.52. The zero-order chi connectivity index (χ0) is 20.5. The smallest absolute Gasteiger partial charge is 0.263 e. The van der Waals surface area contributed by atoms with E-state index in [-0.39, 0.29) is 24.2 Å². The van der Waals surface area contributed by atoms with Crippen LogP contribution < -0.4 is 14.4 Å². The van der Waals surface area contributed by atoms with Crippen LogP contribution in [0.4, 0.5) is 5.69 Å². The Morgan fingerprint density at radius 1 is 1.25 bits per heavy atom. The van der Waals surface area contributed by atoms with Crippen molar-refractivity contribution in [3.05, 3.63) is 59.2 Å². The van der Waals surface area contributed by atoms with Gasteiger partial charge in [0.15, 0.2) is 6.10 Å². The van der Waals surface area contributed by atoms with Gasteiger partial charge in [-0.05, 0) is 51.0 Å². The number of sulfonamides is 1. The van der Waals surface area contributed by atoms with E-state index < -0.39 is 16.1 Å². The molecule has 0 unspecified atom stereocenters. The molecule has 1 N–H and O–H groups in total. The molecule has 1 aliphatic rings. The van der Waals surface area contributed by atoms with Gasteiger partial charge >= 0.3 is 0 Å². The van der Waals surface area contributed by atoms with Gasteiger partial charge in [-0.2, -0.15) is 0 Å². The normalized spacial score (nSPS) is 17.4. The summed E-state index contributed by atoms with van der Waals surface area (Å²) in [5, 5.41) is 2.96. The van der Waals surface area contributed by atoms with Gasteiger partial charge < -0.3 is 10.1 Å². The molecule has 6 nitrogen and oxygen atoms in total. The number of fused-ring (bicyclic) bond motifs is 1. The van der Waals surface area contributed by atoms with Crippen molar-refractivity contribution in [2.45, 2.75) is 39.8 Å². The monoisotopic (exact) mass is 402 g/mol. The van der Waals surface area contributed by atoms with E-state index in [1.165, 1.54) is 4.31 Å². The van der Waals surface area contributed by atoms with Crippen molar-refractivity contribution in [2.24, 2.45) is 0 Å². The molecule has 7 heteroatoms. The van der Waals surface area contributed by atoms with Crippen LogP contribution in [0.5, 0.6) is 5.75 Å². The molecule has 0 radical (unpaired) electrons. The van der Waals surface area contributed by atoms with E-state index in [9.17, 15) is 13.2 Å². The first-order chi connectivity index (χ1) is 13.2. The Bertz CT molecular complexity index is 988. The minimum Gasteiger partial charge on any atom is -0.476 e. The molecule has 0 aliphatic carbocycles. The Labute approximate surface area is 166 Å². The van der Waals surface area contributed by atoms with Gasteiger partial charge in [0.25, 0.3) is 5.91 Å². The molecule has 2 atom stereocenters. The second-order valence-corrected chi connectivity index (χ2v) is 9.28. The van der Waals surface area contributed by atoms with E-state index in [4.69, 9.17) is 4.74 Å². The Morgan fingerprint density at radius 2 is 1.96 bits per heavy atom. The SMILES string of the molecule is CCS(=O)(=O)N1C[C@H](C(=O)N[C@@H](C)c2ccc(C)cc2C)Oc2ccccc21. The molecular weight excluding hydrogens is 376 g/mol. The number of carbonyl (C=O) groups is 1. The van der Waals surface area contributed by atoms with Crippen LogP contribution >= 0.6 is 0 Å². The van der Waals surface area contributed by atoms with E-state index in [0.717, 1.165) is 16.7 Å². The van der Waals surface area contributed by atoms with Crippen LogP contribution in [0.3, 0.4) is 0 Å². The molecule has 0 bridgehead atoms. The Kier molecular flexibility index (Phi) is 5.65. The van der Waals surface area contributed by atoms with Crippen molar-refractivity contribution in [1.82, 2.24) is 5.32 Å². The third-order valence-electron chi connectivity index (χ3n) is 4.98. The van der Waals surface area contributed by atoms with Crippen LogP contribution in [0.2, 0.25) is 0 Å². The van der Waals surface area contributed by atoms with Gasteiger partial charge in [0.05, 0.1) is 24.0 Å². The molecule has 1 amide bonds. The van der Waals surface area contributed by atoms with Gasteiger partial charge in [-0.25, -0.2) is 8.42 Å². The van der Waals surface area contributed by atoms with E-state index in [1.807, 2.05) is 32.9 Å². The van der Waals surface area contributed by atoms with Crippen molar-refractivity contribution in [1.29, 1.82) is 0 Å². The molecule has 150 valence electrons. The number of para-hydroxylation sites is 2.